The second-order valence-corrected chi connectivity index (χ2v) is 3.60. The van der Waals surface area contributed by atoms with Crippen molar-refractivity contribution < 1.29 is 13.2 Å². The molecular formula is C12H14F3N. The standard InChI is InChI=1S/C12H14F3N/c1-3-9(2)16-8-10-4-6-11(7-5-10)12(13,14)15/h3-7,9,16H,1,8H2,2H3. The van der Waals surface area contributed by atoms with Crippen LogP contribution in [0.4, 0.5) is 13.2 Å². The van der Waals surface area contributed by atoms with Crippen LogP contribution >= 0.6 is 0 Å². The van der Waals surface area contributed by atoms with Gasteiger partial charge in [0.1, 0.15) is 0 Å². The summed E-state index contributed by atoms with van der Waals surface area (Å²) in [4.78, 5) is 0. The molecule has 0 aliphatic carbocycles. The van der Waals surface area contributed by atoms with Gasteiger partial charge < -0.3 is 5.32 Å². The number of benzene rings is 1. The second kappa shape index (κ2) is 5.16. The van der Waals surface area contributed by atoms with Crippen molar-refractivity contribution in [2.45, 2.75) is 25.7 Å². The van der Waals surface area contributed by atoms with Crippen LogP contribution in [0.15, 0.2) is 36.9 Å². The minimum Gasteiger partial charge on any atom is -0.307 e. The predicted molar refractivity (Wildman–Crippen MR) is 57.9 cm³/mol. The molecule has 0 radical (unpaired) electrons. The van der Waals surface area contributed by atoms with Gasteiger partial charge in [0.15, 0.2) is 0 Å². The van der Waals surface area contributed by atoms with E-state index in [0.29, 0.717) is 6.54 Å². The zero-order valence-corrected chi connectivity index (χ0v) is 9.01. The lowest BCUT2D eigenvalue weighted by atomic mass is 10.1. The molecule has 1 unspecified atom stereocenters. The highest BCUT2D eigenvalue weighted by Gasteiger charge is 2.29. The average molecular weight is 229 g/mol. The fourth-order valence-corrected chi connectivity index (χ4v) is 1.17. The fraction of sp³-hybridized carbons (Fsp3) is 0.333. The summed E-state index contributed by atoms with van der Waals surface area (Å²) in [6.07, 6.45) is -2.52. The summed E-state index contributed by atoms with van der Waals surface area (Å²) in [6.45, 7) is 6.07. The molecule has 4 heteroatoms. The van der Waals surface area contributed by atoms with E-state index in [9.17, 15) is 13.2 Å². The van der Waals surface area contributed by atoms with Gasteiger partial charge in [-0.05, 0) is 24.6 Å². The molecule has 1 aromatic carbocycles. The Bertz CT molecular complexity index is 340. The van der Waals surface area contributed by atoms with E-state index < -0.39 is 11.7 Å². The molecule has 1 rings (SSSR count). The first-order valence-electron chi connectivity index (χ1n) is 4.95. The summed E-state index contributed by atoms with van der Waals surface area (Å²) in [5.41, 5.74) is 0.203. The maximum absolute atomic E-state index is 12.3. The Kier molecular flexibility index (Phi) is 4.12. The smallest absolute Gasteiger partial charge is 0.307 e. The number of alkyl halides is 3. The van der Waals surface area contributed by atoms with Gasteiger partial charge in [-0.15, -0.1) is 6.58 Å². The number of halogens is 3. The van der Waals surface area contributed by atoms with E-state index in [1.165, 1.54) is 12.1 Å². The topological polar surface area (TPSA) is 12.0 Å². The lowest BCUT2D eigenvalue weighted by Gasteiger charge is -2.10. The molecule has 1 aromatic rings. The summed E-state index contributed by atoms with van der Waals surface area (Å²) in [7, 11) is 0. The number of hydrogen-bond donors (Lipinski definition) is 1. The lowest BCUT2D eigenvalue weighted by molar-refractivity contribution is -0.137. The summed E-state index contributed by atoms with van der Waals surface area (Å²) in [6, 6.07) is 5.28. The molecule has 0 saturated carbocycles. The van der Waals surface area contributed by atoms with Crippen molar-refractivity contribution in [2.24, 2.45) is 0 Å². The molecule has 1 nitrogen and oxygen atoms in total. The molecule has 0 saturated heterocycles. The Morgan fingerprint density at radius 2 is 1.88 bits per heavy atom. The molecule has 1 N–H and O–H groups in total. The Morgan fingerprint density at radius 1 is 1.31 bits per heavy atom. The highest BCUT2D eigenvalue weighted by atomic mass is 19.4. The predicted octanol–water partition coefficient (Wildman–Crippen LogP) is 3.37. The molecule has 0 amide bonds. The first-order valence-corrected chi connectivity index (χ1v) is 4.95. The van der Waals surface area contributed by atoms with Crippen molar-refractivity contribution >= 4 is 0 Å². The van der Waals surface area contributed by atoms with Crippen molar-refractivity contribution in [3.05, 3.63) is 48.0 Å². The van der Waals surface area contributed by atoms with E-state index in [-0.39, 0.29) is 6.04 Å². The third kappa shape index (κ3) is 3.70. The quantitative estimate of drug-likeness (QED) is 0.780. The van der Waals surface area contributed by atoms with E-state index in [4.69, 9.17) is 0 Å². The maximum Gasteiger partial charge on any atom is 0.416 e. The molecule has 0 aromatic heterocycles. The molecule has 0 spiro atoms. The van der Waals surface area contributed by atoms with Crippen LogP contribution in [0, 0.1) is 0 Å². The molecule has 16 heavy (non-hydrogen) atoms. The Labute approximate surface area is 93.0 Å². The zero-order valence-electron chi connectivity index (χ0n) is 9.01. The largest absolute Gasteiger partial charge is 0.416 e. The van der Waals surface area contributed by atoms with Gasteiger partial charge in [-0.1, -0.05) is 18.2 Å². The molecule has 0 aliphatic heterocycles. The molecule has 0 fully saturated rings. The van der Waals surface area contributed by atoms with Crippen LogP contribution in [0.25, 0.3) is 0 Å². The van der Waals surface area contributed by atoms with Crippen LogP contribution in [-0.4, -0.2) is 6.04 Å². The average Bonchev–Trinajstić information content (AvgIpc) is 2.25. The van der Waals surface area contributed by atoms with Gasteiger partial charge in [0, 0.05) is 12.6 Å². The van der Waals surface area contributed by atoms with Crippen molar-refractivity contribution in [2.75, 3.05) is 0 Å². The van der Waals surface area contributed by atoms with Crippen LogP contribution < -0.4 is 5.32 Å². The van der Waals surface area contributed by atoms with Crippen LogP contribution in [0.3, 0.4) is 0 Å². The third-order valence-electron chi connectivity index (χ3n) is 2.26. The van der Waals surface area contributed by atoms with Crippen LogP contribution in [0.1, 0.15) is 18.1 Å². The Morgan fingerprint density at radius 3 is 2.31 bits per heavy atom. The first-order chi connectivity index (χ1) is 7.43. The van der Waals surface area contributed by atoms with Crippen LogP contribution in [-0.2, 0) is 12.7 Å². The van der Waals surface area contributed by atoms with Crippen LogP contribution in [0.2, 0.25) is 0 Å². The number of nitrogens with one attached hydrogen (secondary N) is 1. The number of hydrogen-bond acceptors (Lipinski definition) is 1. The summed E-state index contributed by atoms with van der Waals surface area (Å²) in [5, 5.41) is 3.11. The fourth-order valence-electron chi connectivity index (χ4n) is 1.17. The van der Waals surface area contributed by atoms with Gasteiger partial charge >= 0.3 is 6.18 Å². The molecule has 1 atom stereocenters. The molecule has 0 heterocycles. The van der Waals surface area contributed by atoms with E-state index in [1.807, 2.05) is 6.92 Å². The van der Waals surface area contributed by atoms with Gasteiger partial charge in [-0.3, -0.25) is 0 Å². The van der Waals surface area contributed by atoms with E-state index in [2.05, 4.69) is 11.9 Å². The van der Waals surface area contributed by atoms with Crippen molar-refractivity contribution in [3.63, 3.8) is 0 Å². The van der Waals surface area contributed by atoms with Gasteiger partial charge in [0.05, 0.1) is 5.56 Å². The molecular weight excluding hydrogens is 215 g/mol. The SMILES string of the molecule is C=CC(C)NCc1ccc(C(F)(F)F)cc1. The highest BCUT2D eigenvalue weighted by Crippen LogP contribution is 2.28. The van der Waals surface area contributed by atoms with E-state index >= 15 is 0 Å². The zero-order chi connectivity index (χ0) is 12.2. The first kappa shape index (κ1) is 12.8. The molecule has 0 aliphatic rings. The van der Waals surface area contributed by atoms with Crippen molar-refractivity contribution in [1.29, 1.82) is 0 Å². The summed E-state index contributed by atoms with van der Waals surface area (Å²) < 4.78 is 36.8. The Hall–Kier alpha value is -1.29. The van der Waals surface area contributed by atoms with Gasteiger partial charge in [-0.2, -0.15) is 13.2 Å². The normalized spacial score (nSPS) is 13.5. The van der Waals surface area contributed by atoms with Crippen molar-refractivity contribution in [1.82, 2.24) is 5.32 Å². The Balaban J connectivity index is 2.62. The summed E-state index contributed by atoms with van der Waals surface area (Å²) in [5.74, 6) is 0. The van der Waals surface area contributed by atoms with Crippen LogP contribution in [0.5, 0.6) is 0 Å². The van der Waals surface area contributed by atoms with E-state index in [0.717, 1.165) is 17.7 Å². The molecule has 0 bridgehead atoms. The van der Waals surface area contributed by atoms with Crippen molar-refractivity contribution in [3.8, 4) is 0 Å². The monoisotopic (exact) mass is 229 g/mol. The summed E-state index contributed by atoms with van der Waals surface area (Å²) >= 11 is 0. The third-order valence-corrected chi connectivity index (χ3v) is 2.26. The highest BCUT2D eigenvalue weighted by molar-refractivity contribution is 5.24. The number of rotatable bonds is 4. The molecule has 88 valence electrons. The van der Waals surface area contributed by atoms with Gasteiger partial charge in [0.2, 0.25) is 0 Å². The minimum absolute atomic E-state index is 0.141. The lowest BCUT2D eigenvalue weighted by Crippen LogP contribution is -2.22. The second-order valence-electron chi connectivity index (χ2n) is 3.60. The van der Waals surface area contributed by atoms with Gasteiger partial charge in [0.25, 0.3) is 0 Å². The maximum atomic E-state index is 12.3. The van der Waals surface area contributed by atoms with E-state index in [1.54, 1.807) is 6.08 Å². The van der Waals surface area contributed by atoms with Gasteiger partial charge in [-0.25, -0.2) is 0 Å². The minimum atomic E-state index is -4.26.